The molecule has 14 heteroatoms. The van der Waals surface area contributed by atoms with Gasteiger partial charge < -0.3 is 9.30 Å². The van der Waals surface area contributed by atoms with Gasteiger partial charge in [0.2, 0.25) is 10.0 Å². The van der Waals surface area contributed by atoms with E-state index in [9.17, 15) is 36.0 Å². The summed E-state index contributed by atoms with van der Waals surface area (Å²) in [6, 6.07) is 4.69. The Bertz CT molecular complexity index is 1110. The first kappa shape index (κ1) is 24.4. The smallest absolute Gasteiger partial charge is 0.416 e. The number of rotatable bonds is 7. The van der Waals surface area contributed by atoms with Crippen LogP contribution < -0.4 is 10.0 Å². The predicted octanol–water partition coefficient (Wildman–Crippen LogP) is 1.48. The number of hydrogen-bond donors (Lipinski definition) is 2. The second-order valence-electron chi connectivity index (χ2n) is 6.01. The fraction of sp³-hybridized carbons (Fsp3) is 0.235. The number of sulfonamides is 1. The standard InChI is InChI=1S/C17H15ClF3N3O6S/c1-24-6-2-3-12(24)16(27)23-14(25)9-30-15(26)8-22-31(28,29)13-7-10(17(19,20)21)4-5-11(13)18/h2-7,22H,8-9H2,1H3,(H,23,25,27). The number of hydrogen-bond acceptors (Lipinski definition) is 6. The fourth-order valence-electron chi connectivity index (χ4n) is 2.24. The molecule has 0 aliphatic heterocycles. The molecule has 0 aliphatic carbocycles. The molecule has 0 fully saturated rings. The number of halogens is 4. The lowest BCUT2D eigenvalue weighted by Crippen LogP contribution is -2.37. The first-order valence-corrected chi connectivity index (χ1v) is 10.1. The maximum Gasteiger partial charge on any atom is 0.416 e. The van der Waals surface area contributed by atoms with Crippen LogP contribution in [0.4, 0.5) is 13.2 Å². The van der Waals surface area contributed by atoms with Crippen molar-refractivity contribution < 1.29 is 40.7 Å². The van der Waals surface area contributed by atoms with Gasteiger partial charge in [0.05, 0.1) is 10.6 Å². The second kappa shape index (κ2) is 9.49. The molecule has 0 saturated heterocycles. The summed E-state index contributed by atoms with van der Waals surface area (Å²) >= 11 is 5.66. The molecule has 9 nitrogen and oxygen atoms in total. The van der Waals surface area contributed by atoms with Crippen molar-refractivity contribution in [1.29, 1.82) is 0 Å². The average molecular weight is 482 g/mol. The molecule has 2 N–H and O–H groups in total. The first-order chi connectivity index (χ1) is 14.3. The fourth-order valence-corrected chi connectivity index (χ4v) is 3.73. The summed E-state index contributed by atoms with van der Waals surface area (Å²) in [6.07, 6.45) is -3.24. The minimum Gasteiger partial charge on any atom is -0.455 e. The van der Waals surface area contributed by atoms with E-state index in [2.05, 4.69) is 4.74 Å². The van der Waals surface area contributed by atoms with E-state index in [0.29, 0.717) is 12.1 Å². The minimum absolute atomic E-state index is 0.172. The Kier molecular flexibility index (Phi) is 7.46. The van der Waals surface area contributed by atoms with Gasteiger partial charge in [0, 0.05) is 13.2 Å². The molecule has 0 atom stereocenters. The van der Waals surface area contributed by atoms with Gasteiger partial charge in [0.25, 0.3) is 11.8 Å². The minimum atomic E-state index is -4.81. The van der Waals surface area contributed by atoms with Crippen molar-refractivity contribution in [2.75, 3.05) is 13.2 Å². The zero-order chi connectivity index (χ0) is 23.4. The van der Waals surface area contributed by atoms with Gasteiger partial charge >= 0.3 is 12.1 Å². The number of aryl methyl sites for hydroxylation is 1. The van der Waals surface area contributed by atoms with Gasteiger partial charge in [-0.2, -0.15) is 17.9 Å². The third kappa shape index (κ3) is 6.54. The molecule has 2 aromatic rings. The van der Waals surface area contributed by atoms with Crippen LogP contribution in [-0.2, 0) is 37.6 Å². The highest BCUT2D eigenvalue weighted by atomic mass is 35.5. The molecule has 0 unspecified atom stereocenters. The monoisotopic (exact) mass is 481 g/mol. The Morgan fingerprint density at radius 1 is 1.19 bits per heavy atom. The van der Waals surface area contributed by atoms with E-state index in [-0.39, 0.29) is 5.69 Å². The van der Waals surface area contributed by atoms with E-state index in [4.69, 9.17) is 11.6 Å². The van der Waals surface area contributed by atoms with Crippen LogP contribution in [-0.4, -0.2) is 43.9 Å². The van der Waals surface area contributed by atoms with Gasteiger partial charge in [0.15, 0.2) is 6.61 Å². The van der Waals surface area contributed by atoms with Crippen molar-refractivity contribution in [3.63, 3.8) is 0 Å². The Hall–Kier alpha value is -2.90. The third-order valence-electron chi connectivity index (χ3n) is 3.75. The second-order valence-corrected chi connectivity index (χ2v) is 8.15. The number of carbonyl (C=O) groups is 3. The van der Waals surface area contributed by atoms with E-state index in [1.54, 1.807) is 24.0 Å². The molecule has 31 heavy (non-hydrogen) atoms. The molecule has 2 rings (SSSR count). The van der Waals surface area contributed by atoms with Crippen LogP contribution in [0.1, 0.15) is 16.1 Å². The largest absolute Gasteiger partial charge is 0.455 e. The van der Waals surface area contributed by atoms with Gasteiger partial charge in [-0.1, -0.05) is 11.6 Å². The summed E-state index contributed by atoms with van der Waals surface area (Å²) < 4.78 is 70.4. The van der Waals surface area contributed by atoms with Crippen molar-refractivity contribution in [2.45, 2.75) is 11.1 Å². The summed E-state index contributed by atoms with van der Waals surface area (Å²) in [5.41, 5.74) is -1.08. The normalized spacial score (nSPS) is 11.8. The van der Waals surface area contributed by atoms with E-state index in [1.807, 2.05) is 5.32 Å². The van der Waals surface area contributed by atoms with E-state index in [1.165, 1.54) is 10.6 Å². The molecular weight excluding hydrogens is 467 g/mol. The molecule has 0 radical (unpaired) electrons. The molecule has 1 aromatic heterocycles. The highest BCUT2D eigenvalue weighted by Gasteiger charge is 2.33. The molecule has 1 aromatic carbocycles. The molecule has 168 valence electrons. The molecule has 2 amide bonds. The summed E-state index contributed by atoms with van der Waals surface area (Å²) in [4.78, 5) is 34.3. The molecule has 1 heterocycles. The summed E-state index contributed by atoms with van der Waals surface area (Å²) in [5.74, 6) is -2.93. The number of ether oxygens (including phenoxy) is 1. The van der Waals surface area contributed by atoms with Crippen molar-refractivity contribution in [3.05, 3.63) is 52.8 Å². The molecule has 0 saturated carbocycles. The highest BCUT2D eigenvalue weighted by molar-refractivity contribution is 7.89. The molecule has 0 spiro atoms. The van der Waals surface area contributed by atoms with Crippen LogP contribution in [0.25, 0.3) is 0 Å². The predicted molar refractivity (Wildman–Crippen MR) is 100 cm³/mol. The Morgan fingerprint density at radius 2 is 1.87 bits per heavy atom. The zero-order valence-corrected chi connectivity index (χ0v) is 17.3. The van der Waals surface area contributed by atoms with Gasteiger partial charge in [-0.25, -0.2) is 8.42 Å². The number of carbonyl (C=O) groups excluding carboxylic acids is 3. The lowest BCUT2D eigenvalue weighted by atomic mass is 10.2. The van der Waals surface area contributed by atoms with Crippen molar-refractivity contribution in [1.82, 2.24) is 14.6 Å². The summed E-state index contributed by atoms with van der Waals surface area (Å²) in [6.45, 7) is -1.88. The quantitative estimate of drug-likeness (QED) is 0.577. The Morgan fingerprint density at radius 3 is 2.45 bits per heavy atom. The number of nitrogens with one attached hydrogen (secondary N) is 2. The lowest BCUT2D eigenvalue weighted by molar-refractivity contribution is -0.147. The first-order valence-electron chi connectivity index (χ1n) is 8.29. The van der Waals surface area contributed by atoms with Gasteiger partial charge in [-0.3, -0.25) is 19.7 Å². The van der Waals surface area contributed by atoms with E-state index >= 15 is 0 Å². The molecule has 0 bridgehead atoms. The van der Waals surface area contributed by atoms with E-state index < -0.39 is 62.6 Å². The van der Waals surface area contributed by atoms with Gasteiger partial charge in [-0.05, 0) is 30.3 Å². The van der Waals surface area contributed by atoms with E-state index in [0.717, 1.165) is 6.07 Å². The number of esters is 1. The highest BCUT2D eigenvalue weighted by Crippen LogP contribution is 2.33. The number of nitrogens with zero attached hydrogens (tertiary/aromatic N) is 1. The van der Waals surface area contributed by atoms with Crippen LogP contribution >= 0.6 is 11.6 Å². The van der Waals surface area contributed by atoms with Crippen molar-refractivity contribution >= 4 is 39.4 Å². The third-order valence-corrected chi connectivity index (χ3v) is 5.63. The number of amides is 2. The SMILES string of the molecule is Cn1cccc1C(=O)NC(=O)COC(=O)CNS(=O)(=O)c1cc(C(F)(F)F)ccc1Cl. The molecule has 0 aliphatic rings. The topological polar surface area (TPSA) is 124 Å². The van der Waals surface area contributed by atoms with Crippen LogP contribution in [0.3, 0.4) is 0 Å². The number of alkyl halides is 3. The van der Waals surface area contributed by atoms with Crippen molar-refractivity contribution in [2.24, 2.45) is 7.05 Å². The maximum atomic E-state index is 12.8. The summed E-state index contributed by atoms with van der Waals surface area (Å²) in [5, 5.41) is 1.47. The van der Waals surface area contributed by atoms with Crippen LogP contribution in [0.15, 0.2) is 41.4 Å². The van der Waals surface area contributed by atoms with Gasteiger partial charge in [0.1, 0.15) is 17.1 Å². The number of benzene rings is 1. The van der Waals surface area contributed by atoms with Crippen LogP contribution in [0.2, 0.25) is 5.02 Å². The summed E-state index contributed by atoms with van der Waals surface area (Å²) in [7, 11) is -3.03. The van der Waals surface area contributed by atoms with Crippen molar-refractivity contribution in [3.8, 4) is 0 Å². The van der Waals surface area contributed by atoms with Crippen LogP contribution in [0, 0.1) is 0 Å². The molecular formula is C17H15ClF3N3O6S. The Balaban J connectivity index is 1.91. The number of aromatic nitrogens is 1. The van der Waals surface area contributed by atoms with Crippen LogP contribution in [0.5, 0.6) is 0 Å². The number of imide groups is 1. The maximum absolute atomic E-state index is 12.8. The average Bonchev–Trinajstić information content (AvgIpc) is 3.10. The van der Waals surface area contributed by atoms with Gasteiger partial charge in [-0.15, -0.1) is 0 Å². The lowest BCUT2D eigenvalue weighted by Gasteiger charge is -2.12. The zero-order valence-electron chi connectivity index (χ0n) is 15.7. The Labute approximate surface area is 179 Å².